The maximum absolute atomic E-state index is 5.99. The molecule has 6 heteroatoms. The van der Waals surface area contributed by atoms with Crippen molar-refractivity contribution in [2.24, 2.45) is 0 Å². The smallest absolute Gasteiger partial charge is 0.227 e. The first-order chi connectivity index (χ1) is 11.2. The van der Waals surface area contributed by atoms with Gasteiger partial charge in [0.05, 0.1) is 17.2 Å². The van der Waals surface area contributed by atoms with E-state index in [2.05, 4.69) is 15.3 Å². The van der Waals surface area contributed by atoms with E-state index in [1.807, 2.05) is 30.3 Å². The molecule has 1 aromatic heterocycles. The number of methoxy groups -OCH3 is 1. The van der Waals surface area contributed by atoms with E-state index in [1.54, 1.807) is 31.6 Å². The van der Waals surface area contributed by atoms with Crippen LogP contribution in [0.15, 0.2) is 54.9 Å². The van der Waals surface area contributed by atoms with E-state index < -0.39 is 0 Å². The van der Waals surface area contributed by atoms with Crippen LogP contribution in [0.5, 0.6) is 5.75 Å². The van der Waals surface area contributed by atoms with Crippen molar-refractivity contribution in [1.82, 2.24) is 9.97 Å². The molecule has 0 fully saturated rings. The molecule has 23 heavy (non-hydrogen) atoms. The Morgan fingerprint density at radius 1 is 0.870 bits per heavy atom. The third kappa shape index (κ3) is 3.73. The zero-order chi connectivity index (χ0) is 16.2. The SMILES string of the molecule is COc1ccc(-c2cnc(Nc3ccc(Cl)c(Cl)c3)nc2)cc1. The van der Waals surface area contributed by atoms with Gasteiger partial charge in [-0.25, -0.2) is 9.97 Å². The highest BCUT2D eigenvalue weighted by atomic mass is 35.5. The molecule has 0 radical (unpaired) electrons. The Hall–Kier alpha value is -2.30. The minimum Gasteiger partial charge on any atom is -0.497 e. The first-order valence-electron chi connectivity index (χ1n) is 6.84. The van der Waals surface area contributed by atoms with Crippen LogP contribution in [0.4, 0.5) is 11.6 Å². The van der Waals surface area contributed by atoms with Crippen LogP contribution in [0, 0.1) is 0 Å². The van der Waals surface area contributed by atoms with Crippen molar-refractivity contribution in [3.05, 3.63) is 64.9 Å². The van der Waals surface area contributed by atoms with Gasteiger partial charge in [-0.15, -0.1) is 0 Å². The standard InChI is InChI=1S/C17H13Cl2N3O/c1-23-14-5-2-11(3-6-14)12-9-20-17(21-10-12)22-13-4-7-15(18)16(19)8-13/h2-10H,1H3,(H,20,21,22). The number of nitrogens with one attached hydrogen (secondary N) is 1. The van der Waals surface area contributed by atoms with E-state index in [9.17, 15) is 0 Å². The van der Waals surface area contributed by atoms with Crippen molar-refractivity contribution in [2.45, 2.75) is 0 Å². The number of anilines is 2. The molecule has 0 aliphatic rings. The molecule has 116 valence electrons. The zero-order valence-corrected chi connectivity index (χ0v) is 13.8. The molecule has 0 saturated carbocycles. The minimum absolute atomic E-state index is 0.478. The van der Waals surface area contributed by atoms with Gasteiger partial charge in [0.25, 0.3) is 0 Å². The quantitative estimate of drug-likeness (QED) is 0.705. The van der Waals surface area contributed by atoms with Gasteiger partial charge in [-0.1, -0.05) is 35.3 Å². The summed E-state index contributed by atoms with van der Waals surface area (Å²) in [5.74, 6) is 1.30. The molecule has 0 saturated heterocycles. The molecule has 4 nitrogen and oxygen atoms in total. The highest BCUT2D eigenvalue weighted by Crippen LogP contribution is 2.26. The molecule has 0 aliphatic heterocycles. The fraction of sp³-hybridized carbons (Fsp3) is 0.0588. The molecule has 3 aromatic rings. The number of benzene rings is 2. The molecule has 0 atom stereocenters. The number of nitrogens with zero attached hydrogens (tertiary/aromatic N) is 2. The molecule has 0 amide bonds. The Balaban J connectivity index is 1.77. The Kier molecular flexibility index (Phi) is 4.65. The number of hydrogen-bond acceptors (Lipinski definition) is 4. The summed E-state index contributed by atoms with van der Waals surface area (Å²) in [5.41, 5.74) is 2.72. The topological polar surface area (TPSA) is 47.0 Å². The highest BCUT2D eigenvalue weighted by Gasteiger charge is 2.04. The lowest BCUT2D eigenvalue weighted by atomic mass is 10.1. The van der Waals surface area contributed by atoms with Crippen molar-refractivity contribution in [3.63, 3.8) is 0 Å². The monoisotopic (exact) mass is 345 g/mol. The van der Waals surface area contributed by atoms with Gasteiger partial charge in [0.1, 0.15) is 5.75 Å². The van der Waals surface area contributed by atoms with Crippen LogP contribution in [0.2, 0.25) is 10.0 Å². The Morgan fingerprint density at radius 2 is 1.57 bits per heavy atom. The molecule has 0 bridgehead atoms. The van der Waals surface area contributed by atoms with Crippen molar-refractivity contribution in [3.8, 4) is 16.9 Å². The summed E-state index contributed by atoms with van der Waals surface area (Å²) >= 11 is 11.9. The van der Waals surface area contributed by atoms with E-state index >= 15 is 0 Å². The van der Waals surface area contributed by atoms with Gasteiger partial charge in [0, 0.05) is 23.6 Å². The molecule has 0 aliphatic carbocycles. The Morgan fingerprint density at radius 3 is 2.17 bits per heavy atom. The van der Waals surface area contributed by atoms with Gasteiger partial charge in [0.2, 0.25) is 5.95 Å². The van der Waals surface area contributed by atoms with E-state index in [0.29, 0.717) is 16.0 Å². The van der Waals surface area contributed by atoms with Crippen LogP contribution < -0.4 is 10.1 Å². The zero-order valence-electron chi connectivity index (χ0n) is 12.3. The van der Waals surface area contributed by atoms with Gasteiger partial charge >= 0.3 is 0 Å². The second kappa shape index (κ2) is 6.86. The number of ether oxygens (including phenoxy) is 1. The minimum atomic E-state index is 0.478. The fourth-order valence-corrected chi connectivity index (χ4v) is 2.33. The largest absolute Gasteiger partial charge is 0.497 e. The summed E-state index contributed by atoms with van der Waals surface area (Å²) < 4.78 is 5.15. The molecule has 3 rings (SSSR count). The number of aromatic nitrogens is 2. The number of halogens is 2. The average molecular weight is 346 g/mol. The summed E-state index contributed by atoms with van der Waals surface area (Å²) in [6.45, 7) is 0. The van der Waals surface area contributed by atoms with Crippen molar-refractivity contribution >= 4 is 34.8 Å². The predicted molar refractivity (Wildman–Crippen MR) is 93.8 cm³/mol. The summed E-state index contributed by atoms with van der Waals surface area (Å²) in [6.07, 6.45) is 3.52. The Bertz CT molecular complexity index is 805. The van der Waals surface area contributed by atoms with Crippen molar-refractivity contribution < 1.29 is 4.74 Å². The molecular weight excluding hydrogens is 333 g/mol. The van der Waals surface area contributed by atoms with Crippen molar-refractivity contribution in [2.75, 3.05) is 12.4 Å². The number of rotatable bonds is 4. The van der Waals surface area contributed by atoms with Crippen molar-refractivity contribution in [1.29, 1.82) is 0 Å². The van der Waals surface area contributed by atoms with Gasteiger partial charge in [-0.3, -0.25) is 0 Å². The van der Waals surface area contributed by atoms with E-state index in [-0.39, 0.29) is 0 Å². The summed E-state index contributed by atoms with van der Waals surface area (Å²) in [5, 5.41) is 4.07. The van der Waals surface area contributed by atoms with Crippen LogP contribution in [0.1, 0.15) is 0 Å². The third-order valence-corrected chi connectivity index (χ3v) is 3.99. The van der Waals surface area contributed by atoms with Crippen LogP contribution >= 0.6 is 23.2 Å². The predicted octanol–water partition coefficient (Wildman–Crippen LogP) is 5.20. The summed E-state index contributed by atoms with van der Waals surface area (Å²) in [4.78, 5) is 8.63. The maximum Gasteiger partial charge on any atom is 0.227 e. The van der Waals surface area contributed by atoms with Crippen LogP contribution in [-0.4, -0.2) is 17.1 Å². The van der Waals surface area contributed by atoms with Gasteiger partial charge in [0.15, 0.2) is 0 Å². The average Bonchev–Trinajstić information content (AvgIpc) is 2.59. The number of hydrogen-bond donors (Lipinski definition) is 1. The van der Waals surface area contributed by atoms with E-state index in [0.717, 1.165) is 22.6 Å². The first kappa shape index (κ1) is 15.6. The van der Waals surface area contributed by atoms with E-state index in [1.165, 1.54) is 0 Å². The lowest BCUT2D eigenvalue weighted by Crippen LogP contribution is -1.96. The maximum atomic E-state index is 5.99. The molecule has 2 aromatic carbocycles. The molecular formula is C17H13Cl2N3O. The second-order valence-electron chi connectivity index (χ2n) is 4.78. The molecule has 1 N–H and O–H groups in total. The summed E-state index contributed by atoms with van der Waals surface area (Å²) in [6, 6.07) is 13.0. The summed E-state index contributed by atoms with van der Waals surface area (Å²) in [7, 11) is 1.64. The highest BCUT2D eigenvalue weighted by molar-refractivity contribution is 6.42. The third-order valence-electron chi connectivity index (χ3n) is 3.25. The molecule has 1 heterocycles. The van der Waals surface area contributed by atoms with Crippen LogP contribution in [-0.2, 0) is 0 Å². The second-order valence-corrected chi connectivity index (χ2v) is 5.59. The van der Waals surface area contributed by atoms with Crippen LogP contribution in [0.3, 0.4) is 0 Å². The molecule has 0 unspecified atom stereocenters. The van der Waals surface area contributed by atoms with E-state index in [4.69, 9.17) is 27.9 Å². The first-order valence-corrected chi connectivity index (χ1v) is 7.60. The normalized spacial score (nSPS) is 10.4. The van der Waals surface area contributed by atoms with Gasteiger partial charge < -0.3 is 10.1 Å². The van der Waals surface area contributed by atoms with Gasteiger partial charge in [-0.2, -0.15) is 0 Å². The molecule has 0 spiro atoms. The van der Waals surface area contributed by atoms with Crippen LogP contribution in [0.25, 0.3) is 11.1 Å². The lowest BCUT2D eigenvalue weighted by molar-refractivity contribution is 0.415. The lowest BCUT2D eigenvalue weighted by Gasteiger charge is -2.07. The fourth-order valence-electron chi connectivity index (χ4n) is 2.03. The van der Waals surface area contributed by atoms with Gasteiger partial charge in [-0.05, 0) is 35.9 Å². The Labute approximate surface area is 144 Å².